The molecule has 0 aromatic rings. The molecule has 0 heterocycles. The molecule has 0 aliphatic rings. The van der Waals surface area contributed by atoms with Crippen LogP contribution in [-0.2, 0) is 0 Å². The number of halogens is 3. The van der Waals surface area contributed by atoms with E-state index in [1.807, 2.05) is 6.26 Å². The fourth-order valence-corrected chi connectivity index (χ4v) is 1.47. The van der Waals surface area contributed by atoms with Gasteiger partial charge >= 0.3 is 6.18 Å². The van der Waals surface area contributed by atoms with E-state index in [2.05, 4.69) is 5.32 Å². The molecular formula is C9H18F3NS. The largest absolute Gasteiger partial charge is 0.389 e. The van der Waals surface area contributed by atoms with Crippen LogP contribution in [0.5, 0.6) is 0 Å². The van der Waals surface area contributed by atoms with Gasteiger partial charge in [0.25, 0.3) is 0 Å². The first-order valence-electron chi connectivity index (χ1n) is 4.82. The van der Waals surface area contributed by atoms with Crippen LogP contribution >= 0.6 is 11.8 Å². The highest BCUT2D eigenvalue weighted by molar-refractivity contribution is 7.98. The van der Waals surface area contributed by atoms with Gasteiger partial charge in [-0.05, 0) is 44.4 Å². The number of unbranched alkanes of at least 4 members (excludes halogenated alkanes) is 1. The number of nitrogens with one attached hydrogen (secondary N) is 1. The van der Waals surface area contributed by atoms with Crippen molar-refractivity contribution in [3.8, 4) is 0 Å². The van der Waals surface area contributed by atoms with Gasteiger partial charge in [-0.3, -0.25) is 0 Å². The van der Waals surface area contributed by atoms with E-state index < -0.39 is 12.6 Å². The average molecular weight is 229 g/mol. The van der Waals surface area contributed by atoms with Crippen LogP contribution in [0.25, 0.3) is 0 Å². The monoisotopic (exact) mass is 229 g/mol. The van der Waals surface area contributed by atoms with Gasteiger partial charge in [-0.25, -0.2) is 0 Å². The fraction of sp³-hybridized carbons (Fsp3) is 1.00. The van der Waals surface area contributed by atoms with Gasteiger partial charge < -0.3 is 5.32 Å². The van der Waals surface area contributed by atoms with E-state index in [0.29, 0.717) is 13.0 Å². The maximum absolute atomic E-state index is 11.7. The Morgan fingerprint density at radius 1 is 1.07 bits per heavy atom. The molecule has 14 heavy (non-hydrogen) atoms. The van der Waals surface area contributed by atoms with Gasteiger partial charge in [0.15, 0.2) is 0 Å². The molecule has 1 N–H and O–H groups in total. The van der Waals surface area contributed by atoms with Crippen LogP contribution < -0.4 is 5.32 Å². The molecule has 0 aromatic heterocycles. The molecule has 5 heteroatoms. The van der Waals surface area contributed by atoms with Crippen molar-refractivity contribution in [1.82, 2.24) is 5.32 Å². The van der Waals surface area contributed by atoms with Crippen molar-refractivity contribution < 1.29 is 13.2 Å². The van der Waals surface area contributed by atoms with Crippen molar-refractivity contribution in [2.45, 2.75) is 31.9 Å². The van der Waals surface area contributed by atoms with Crippen LogP contribution in [0.3, 0.4) is 0 Å². The molecule has 0 radical (unpaired) electrons. The first kappa shape index (κ1) is 14.1. The van der Waals surface area contributed by atoms with Crippen LogP contribution in [0.2, 0.25) is 0 Å². The zero-order chi connectivity index (χ0) is 10.9. The average Bonchev–Trinajstić information content (AvgIpc) is 2.08. The standard InChI is InChI=1S/C9H18F3NS/c1-14-8-4-7-13-6-3-2-5-9(10,11)12/h13H,2-8H2,1H3. The summed E-state index contributed by atoms with van der Waals surface area (Å²) < 4.78 is 35.1. The highest BCUT2D eigenvalue weighted by Gasteiger charge is 2.25. The van der Waals surface area contributed by atoms with Crippen LogP contribution in [0.1, 0.15) is 25.7 Å². The van der Waals surface area contributed by atoms with Crippen molar-refractivity contribution in [1.29, 1.82) is 0 Å². The highest BCUT2D eigenvalue weighted by Crippen LogP contribution is 2.21. The van der Waals surface area contributed by atoms with E-state index in [0.717, 1.165) is 18.7 Å². The van der Waals surface area contributed by atoms with Crippen molar-refractivity contribution in [2.24, 2.45) is 0 Å². The highest BCUT2D eigenvalue weighted by atomic mass is 32.2. The molecule has 0 aromatic carbocycles. The third kappa shape index (κ3) is 12.1. The Balaban J connectivity index is 2.99. The van der Waals surface area contributed by atoms with Gasteiger partial charge in [0.1, 0.15) is 0 Å². The SMILES string of the molecule is CSCCCNCCCCC(F)(F)F. The minimum atomic E-state index is -3.99. The fourth-order valence-electron chi connectivity index (χ4n) is 1.04. The molecule has 0 atom stereocenters. The molecule has 0 aliphatic heterocycles. The number of rotatable bonds is 8. The minimum Gasteiger partial charge on any atom is -0.317 e. The minimum absolute atomic E-state index is 0.235. The predicted octanol–water partition coefficient (Wildman–Crippen LogP) is 3.06. The summed E-state index contributed by atoms with van der Waals surface area (Å²) in [6.45, 7) is 1.61. The Kier molecular flexibility index (Phi) is 8.47. The second-order valence-electron chi connectivity index (χ2n) is 3.17. The smallest absolute Gasteiger partial charge is 0.317 e. The van der Waals surface area contributed by atoms with E-state index in [4.69, 9.17) is 0 Å². The zero-order valence-corrected chi connectivity index (χ0v) is 9.31. The normalized spacial score (nSPS) is 12.0. The summed E-state index contributed by atoms with van der Waals surface area (Å²) in [4.78, 5) is 0. The summed E-state index contributed by atoms with van der Waals surface area (Å²) in [5.41, 5.74) is 0. The second-order valence-corrected chi connectivity index (χ2v) is 4.15. The number of alkyl halides is 3. The first-order chi connectivity index (χ1) is 6.56. The second kappa shape index (κ2) is 8.41. The summed E-state index contributed by atoms with van der Waals surface area (Å²) in [6, 6.07) is 0. The Labute approximate surface area is 87.8 Å². The van der Waals surface area contributed by atoms with Crippen molar-refractivity contribution >= 4 is 11.8 Å². The Hall–Kier alpha value is 0.100. The maximum Gasteiger partial charge on any atom is 0.389 e. The van der Waals surface area contributed by atoms with Gasteiger partial charge in [0.05, 0.1) is 0 Å². The molecule has 0 amide bonds. The van der Waals surface area contributed by atoms with Crippen molar-refractivity contribution in [3.63, 3.8) is 0 Å². The lowest BCUT2D eigenvalue weighted by Crippen LogP contribution is -2.18. The van der Waals surface area contributed by atoms with Crippen LogP contribution in [0.15, 0.2) is 0 Å². The molecule has 86 valence electrons. The molecule has 0 bridgehead atoms. The van der Waals surface area contributed by atoms with Gasteiger partial charge in [-0.2, -0.15) is 24.9 Å². The molecule has 0 saturated carbocycles. The summed E-state index contributed by atoms with van der Waals surface area (Å²) in [5, 5.41) is 3.13. The molecule has 0 aliphatic carbocycles. The first-order valence-corrected chi connectivity index (χ1v) is 6.22. The molecule has 0 unspecified atom stereocenters. The van der Waals surface area contributed by atoms with Crippen LogP contribution in [-0.4, -0.2) is 31.3 Å². The number of hydrogen-bond acceptors (Lipinski definition) is 2. The Morgan fingerprint density at radius 3 is 2.29 bits per heavy atom. The van der Waals surface area contributed by atoms with Gasteiger partial charge in [0, 0.05) is 6.42 Å². The zero-order valence-electron chi connectivity index (χ0n) is 8.49. The number of thioether (sulfide) groups is 1. The molecular weight excluding hydrogens is 211 g/mol. The lowest BCUT2D eigenvalue weighted by atomic mass is 10.2. The van der Waals surface area contributed by atoms with Gasteiger partial charge in [-0.15, -0.1) is 0 Å². The maximum atomic E-state index is 11.7. The van der Waals surface area contributed by atoms with Gasteiger partial charge in [-0.1, -0.05) is 0 Å². The third-order valence-corrected chi connectivity index (χ3v) is 2.46. The third-order valence-electron chi connectivity index (χ3n) is 1.77. The van der Waals surface area contributed by atoms with Crippen molar-refractivity contribution in [3.05, 3.63) is 0 Å². The van der Waals surface area contributed by atoms with E-state index in [-0.39, 0.29) is 6.42 Å². The summed E-state index contributed by atoms with van der Waals surface area (Å²) in [5.74, 6) is 1.11. The Morgan fingerprint density at radius 2 is 1.71 bits per heavy atom. The van der Waals surface area contributed by atoms with E-state index in [1.165, 1.54) is 0 Å². The quantitative estimate of drug-likeness (QED) is 0.642. The molecule has 0 spiro atoms. The topological polar surface area (TPSA) is 12.0 Å². The molecule has 0 fully saturated rings. The lowest BCUT2D eigenvalue weighted by molar-refractivity contribution is -0.135. The molecule has 0 saturated heterocycles. The van der Waals surface area contributed by atoms with Gasteiger partial charge in [0.2, 0.25) is 0 Å². The van der Waals surface area contributed by atoms with E-state index >= 15 is 0 Å². The predicted molar refractivity (Wildman–Crippen MR) is 55.8 cm³/mol. The molecule has 1 nitrogen and oxygen atoms in total. The van der Waals surface area contributed by atoms with Crippen LogP contribution in [0, 0.1) is 0 Å². The van der Waals surface area contributed by atoms with E-state index in [1.54, 1.807) is 11.8 Å². The van der Waals surface area contributed by atoms with Crippen molar-refractivity contribution in [2.75, 3.05) is 25.1 Å². The Bertz CT molecular complexity index is 128. The van der Waals surface area contributed by atoms with E-state index in [9.17, 15) is 13.2 Å². The summed E-state index contributed by atoms with van der Waals surface area (Å²) in [7, 11) is 0. The van der Waals surface area contributed by atoms with Crippen LogP contribution in [0.4, 0.5) is 13.2 Å². The summed E-state index contributed by atoms with van der Waals surface area (Å²) >= 11 is 1.78. The number of hydrogen-bond donors (Lipinski definition) is 1. The summed E-state index contributed by atoms with van der Waals surface area (Å²) in [6.07, 6.45) is -0.667. The lowest BCUT2D eigenvalue weighted by Gasteiger charge is -2.06. The molecule has 0 rings (SSSR count).